The molecule has 6 nitrogen and oxygen atoms in total. The van der Waals surface area contributed by atoms with Crippen molar-refractivity contribution in [2.24, 2.45) is 0 Å². The summed E-state index contributed by atoms with van der Waals surface area (Å²) in [4.78, 5) is 6.90. The average Bonchev–Trinajstić information content (AvgIpc) is 3.19. The van der Waals surface area contributed by atoms with E-state index in [4.69, 9.17) is 14.2 Å². The fraction of sp³-hybridized carbons (Fsp3) is 0.217. The van der Waals surface area contributed by atoms with Crippen LogP contribution in [-0.2, 0) is 25.0 Å². The number of para-hydroxylation sites is 1. The van der Waals surface area contributed by atoms with E-state index < -0.39 is 5.41 Å². The van der Waals surface area contributed by atoms with E-state index in [0.29, 0.717) is 20.2 Å². The normalized spacial score (nSPS) is 15.1. The fourth-order valence-electron chi connectivity index (χ4n) is 7.95. The molecule has 260 valence electrons. The number of hydrogen-bond acceptors (Lipinski definition) is 6. The second-order valence-electron chi connectivity index (χ2n) is 14.5. The van der Waals surface area contributed by atoms with Gasteiger partial charge in [0, 0.05) is 58.8 Å². The molecule has 0 spiro atoms. The van der Waals surface area contributed by atoms with Crippen molar-refractivity contribution in [2.75, 3.05) is 34.9 Å². The Kier molecular flexibility index (Phi) is 8.03. The molecule has 6 heteroatoms. The Morgan fingerprint density at radius 2 is 0.808 bits per heavy atom. The summed E-state index contributed by atoms with van der Waals surface area (Å²) in [5.74, 6) is 2.83. The summed E-state index contributed by atoms with van der Waals surface area (Å²) in [5, 5.41) is 0. The number of hydrogen-bond donors (Lipinski definition) is 0. The Hall–Kier alpha value is -5.88. The van der Waals surface area contributed by atoms with E-state index in [1.54, 1.807) is 0 Å². The largest absolute Gasteiger partial charge is 0.473 e. The van der Waals surface area contributed by atoms with E-state index in [9.17, 15) is 0 Å². The van der Waals surface area contributed by atoms with Crippen LogP contribution in [0.3, 0.4) is 0 Å². The maximum absolute atomic E-state index is 6.36. The second kappa shape index (κ2) is 13.0. The molecule has 0 saturated carbocycles. The molecule has 0 fully saturated rings. The Labute approximate surface area is 306 Å². The van der Waals surface area contributed by atoms with Gasteiger partial charge >= 0.3 is 0 Å². The van der Waals surface area contributed by atoms with Gasteiger partial charge in [0.25, 0.3) is 0 Å². The highest BCUT2D eigenvalue weighted by Crippen LogP contribution is 2.45. The molecular weight excluding hydrogens is 643 g/mol. The zero-order chi connectivity index (χ0) is 35.2. The number of aryl methyl sites for hydroxylation is 2. The second-order valence-corrected chi connectivity index (χ2v) is 14.5. The van der Waals surface area contributed by atoms with Crippen LogP contribution in [0.2, 0.25) is 0 Å². The van der Waals surface area contributed by atoms with Gasteiger partial charge in [-0.15, -0.1) is 0 Å². The quantitative estimate of drug-likeness (QED) is 0.163. The first-order chi connectivity index (χ1) is 25.4. The number of nitrogens with zero attached hydrogens (tertiary/aromatic N) is 3. The molecule has 0 atom stereocenters. The first-order valence-corrected chi connectivity index (χ1v) is 18.1. The lowest BCUT2D eigenvalue weighted by Crippen LogP contribution is -2.34. The molecule has 0 unspecified atom stereocenters. The van der Waals surface area contributed by atoms with E-state index in [2.05, 4.69) is 169 Å². The molecule has 3 heterocycles. The number of ether oxygens (including phenoxy) is 3. The molecule has 0 saturated heterocycles. The Morgan fingerprint density at radius 3 is 1.21 bits per heavy atom. The molecule has 6 aromatic carbocycles. The molecule has 0 aliphatic carbocycles. The summed E-state index contributed by atoms with van der Waals surface area (Å²) < 4.78 is 19.0. The van der Waals surface area contributed by atoms with Gasteiger partial charge in [-0.25, -0.2) is 0 Å². The van der Waals surface area contributed by atoms with Crippen molar-refractivity contribution >= 4 is 17.1 Å². The van der Waals surface area contributed by atoms with Gasteiger partial charge in [0.15, 0.2) is 20.2 Å². The maximum Gasteiger partial charge on any atom is 0.161 e. The van der Waals surface area contributed by atoms with Crippen molar-refractivity contribution in [3.63, 3.8) is 0 Å². The van der Waals surface area contributed by atoms with Gasteiger partial charge in [-0.1, -0.05) is 60.7 Å². The average molecular weight is 686 g/mol. The molecule has 3 aliphatic heterocycles. The Balaban J connectivity index is 1.13. The third kappa shape index (κ3) is 5.88. The lowest BCUT2D eigenvalue weighted by Gasteiger charge is -2.37. The zero-order valence-corrected chi connectivity index (χ0v) is 30.0. The highest BCUT2D eigenvalue weighted by Gasteiger charge is 2.35. The minimum absolute atomic E-state index is 0.495. The van der Waals surface area contributed by atoms with Gasteiger partial charge in [0.1, 0.15) is 17.2 Å². The minimum Gasteiger partial charge on any atom is -0.473 e. The number of benzene rings is 6. The van der Waals surface area contributed by atoms with Gasteiger partial charge < -0.3 is 28.9 Å². The van der Waals surface area contributed by atoms with Crippen LogP contribution >= 0.6 is 0 Å². The monoisotopic (exact) mass is 685 g/mol. The van der Waals surface area contributed by atoms with Gasteiger partial charge in [0.2, 0.25) is 0 Å². The number of fused-ring (bicyclic) bond motifs is 3. The molecule has 9 rings (SSSR count). The molecule has 0 N–H and O–H groups in total. The van der Waals surface area contributed by atoms with Gasteiger partial charge in [-0.2, -0.15) is 0 Å². The van der Waals surface area contributed by atoms with E-state index in [0.717, 1.165) is 42.6 Å². The topological polar surface area (TPSA) is 37.4 Å². The molecule has 0 radical (unpaired) electrons. The Bertz CT molecular complexity index is 2160. The summed E-state index contributed by atoms with van der Waals surface area (Å²) in [6.07, 6.45) is 0. The molecular formula is C46H43N3O3. The molecule has 0 bridgehead atoms. The number of anilines is 3. The smallest absolute Gasteiger partial charge is 0.161 e. The van der Waals surface area contributed by atoms with Crippen LogP contribution in [0.1, 0.15) is 51.4 Å². The van der Waals surface area contributed by atoms with Crippen molar-refractivity contribution in [3.8, 4) is 17.2 Å². The molecule has 3 aliphatic rings. The first kappa shape index (κ1) is 32.1. The highest BCUT2D eigenvalue weighted by molar-refractivity contribution is 5.60. The van der Waals surface area contributed by atoms with Crippen molar-refractivity contribution in [3.05, 3.63) is 178 Å². The minimum atomic E-state index is -0.495. The molecule has 52 heavy (non-hydrogen) atoms. The number of rotatable bonds is 6. The van der Waals surface area contributed by atoms with Crippen molar-refractivity contribution in [1.82, 2.24) is 0 Å². The summed E-state index contributed by atoms with van der Waals surface area (Å²) in [6, 6.07) is 48.1. The van der Waals surface area contributed by atoms with Gasteiger partial charge in [-0.3, -0.25) is 0 Å². The molecule has 0 aromatic heterocycles. The highest BCUT2D eigenvalue weighted by atomic mass is 16.5. The predicted molar refractivity (Wildman–Crippen MR) is 209 cm³/mol. The zero-order valence-electron chi connectivity index (χ0n) is 30.0. The molecule has 6 aromatic rings. The van der Waals surface area contributed by atoms with E-state index in [1.807, 2.05) is 0 Å². The Morgan fingerprint density at radius 1 is 0.423 bits per heavy atom. The van der Waals surface area contributed by atoms with Crippen molar-refractivity contribution < 1.29 is 14.2 Å². The standard InChI is InChI=1S/C46H43N3O3/c1-32-9-7-13-41(21-32)48-27-35-24-38(16-19-44(35)51-30-48)46(3,37-15-18-43-34(23-37)26-47(29-50-43)40-11-5-4-6-12-40)39-17-20-45-36(25-39)28-49(31-52-45)42-14-8-10-33(2)22-42/h4-25H,26-31H2,1-3H3. The van der Waals surface area contributed by atoms with E-state index >= 15 is 0 Å². The summed E-state index contributed by atoms with van der Waals surface area (Å²) in [6.45, 7) is 10.5. The third-order valence-corrected chi connectivity index (χ3v) is 11.0. The summed E-state index contributed by atoms with van der Waals surface area (Å²) >= 11 is 0. The SMILES string of the molecule is Cc1cccc(N2COc3ccc(C(C)(c4ccc5c(c4)CN(c4ccccc4)CO5)c4ccc5c(c4)CN(c4cccc(C)c4)CO5)cc3C2)c1. The van der Waals surface area contributed by atoms with E-state index in [-0.39, 0.29) is 0 Å². The van der Waals surface area contributed by atoms with Crippen LogP contribution < -0.4 is 28.9 Å². The summed E-state index contributed by atoms with van der Waals surface area (Å²) in [5.41, 5.74) is 12.7. The van der Waals surface area contributed by atoms with Crippen molar-refractivity contribution in [2.45, 2.75) is 45.8 Å². The molecule has 0 amide bonds. The van der Waals surface area contributed by atoms with Gasteiger partial charge in [0.05, 0.1) is 0 Å². The van der Waals surface area contributed by atoms with Gasteiger partial charge in [-0.05, 0) is 121 Å². The predicted octanol–water partition coefficient (Wildman–Crippen LogP) is 9.73. The first-order valence-electron chi connectivity index (χ1n) is 18.1. The van der Waals surface area contributed by atoms with Crippen LogP contribution in [0.4, 0.5) is 17.1 Å². The van der Waals surface area contributed by atoms with Crippen molar-refractivity contribution in [1.29, 1.82) is 0 Å². The fourth-order valence-corrected chi connectivity index (χ4v) is 7.95. The maximum atomic E-state index is 6.36. The van der Waals surface area contributed by atoms with Crippen LogP contribution in [-0.4, -0.2) is 20.2 Å². The van der Waals surface area contributed by atoms with Crippen LogP contribution in [0.15, 0.2) is 133 Å². The third-order valence-electron chi connectivity index (χ3n) is 11.0. The lowest BCUT2D eigenvalue weighted by atomic mass is 9.70. The van der Waals surface area contributed by atoms with Crippen LogP contribution in [0.25, 0.3) is 0 Å². The lowest BCUT2D eigenvalue weighted by molar-refractivity contribution is 0.288. The van der Waals surface area contributed by atoms with Crippen LogP contribution in [0, 0.1) is 13.8 Å². The van der Waals surface area contributed by atoms with Crippen LogP contribution in [0.5, 0.6) is 17.2 Å². The summed E-state index contributed by atoms with van der Waals surface area (Å²) in [7, 11) is 0. The van der Waals surface area contributed by atoms with E-state index in [1.165, 1.54) is 55.9 Å².